The standard InChI is InChI=1S/C22H42O4/c1-4-7-8-9-10-11-12-13-14-15-16-17-18-26-21(25)22(5-2,6-3)19-20(23)24/h4-19H2,1-3H3,(H,23,24). The van der Waals surface area contributed by atoms with Crippen LogP contribution < -0.4 is 0 Å². The summed E-state index contributed by atoms with van der Waals surface area (Å²) in [6.45, 7) is 6.38. The highest BCUT2D eigenvalue weighted by molar-refractivity contribution is 5.82. The lowest BCUT2D eigenvalue weighted by molar-refractivity contribution is -0.162. The van der Waals surface area contributed by atoms with Crippen molar-refractivity contribution in [3.8, 4) is 0 Å². The number of hydrogen-bond donors (Lipinski definition) is 1. The van der Waals surface area contributed by atoms with E-state index in [0.29, 0.717) is 19.4 Å². The summed E-state index contributed by atoms with van der Waals surface area (Å²) in [6, 6.07) is 0. The molecule has 0 unspecified atom stereocenters. The largest absolute Gasteiger partial charge is 0.481 e. The minimum Gasteiger partial charge on any atom is -0.481 e. The number of unbranched alkanes of at least 4 members (excludes halogenated alkanes) is 11. The van der Waals surface area contributed by atoms with Crippen LogP contribution in [0.15, 0.2) is 0 Å². The average Bonchev–Trinajstić information content (AvgIpc) is 2.63. The van der Waals surface area contributed by atoms with Crippen molar-refractivity contribution >= 4 is 11.9 Å². The third kappa shape index (κ3) is 11.5. The van der Waals surface area contributed by atoms with E-state index >= 15 is 0 Å². The van der Waals surface area contributed by atoms with Gasteiger partial charge in [0, 0.05) is 0 Å². The second-order valence-electron chi connectivity index (χ2n) is 7.58. The Morgan fingerprint density at radius 2 is 1.15 bits per heavy atom. The molecule has 0 radical (unpaired) electrons. The van der Waals surface area contributed by atoms with E-state index in [-0.39, 0.29) is 12.4 Å². The van der Waals surface area contributed by atoms with Crippen LogP contribution >= 0.6 is 0 Å². The molecular weight excluding hydrogens is 328 g/mol. The van der Waals surface area contributed by atoms with Gasteiger partial charge in [-0.05, 0) is 19.3 Å². The van der Waals surface area contributed by atoms with Crippen molar-refractivity contribution in [1.29, 1.82) is 0 Å². The van der Waals surface area contributed by atoms with Gasteiger partial charge in [-0.15, -0.1) is 0 Å². The topological polar surface area (TPSA) is 63.6 Å². The Morgan fingerprint density at radius 1 is 0.731 bits per heavy atom. The number of carboxylic acid groups (broad SMARTS) is 1. The first-order valence-corrected chi connectivity index (χ1v) is 10.9. The first kappa shape index (κ1) is 24.9. The van der Waals surface area contributed by atoms with Gasteiger partial charge in [0.1, 0.15) is 0 Å². The van der Waals surface area contributed by atoms with Crippen LogP contribution in [0.3, 0.4) is 0 Å². The smallest absolute Gasteiger partial charge is 0.312 e. The fourth-order valence-corrected chi connectivity index (χ4v) is 3.41. The zero-order valence-electron chi connectivity index (χ0n) is 17.5. The second kappa shape index (κ2) is 16.1. The Hall–Kier alpha value is -1.06. The molecule has 154 valence electrons. The molecule has 0 aliphatic rings. The van der Waals surface area contributed by atoms with Gasteiger partial charge in [-0.2, -0.15) is 0 Å². The van der Waals surface area contributed by atoms with Gasteiger partial charge in [-0.1, -0.05) is 91.4 Å². The predicted octanol–water partition coefficient (Wildman–Crippen LogP) is 6.51. The van der Waals surface area contributed by atoms with E-state index in [4.69, 9.17) is 9.84 Å². The third-order valence-corrected chi connectivity index (χ3v) is 5.51. The molecule has 0 aromatic carbocycles. The number of carboxylic acids is 1. The number of hydrogen-bond acceptors (Lipinski definition) is 3. The predicted molar refractivity (Wildman–Crippen MR) is 107 cm³/mol. The van der Waals surface area contributed by atoms with E-state index in [1.807, 2.05) is 13.8 Å². The Labute approximate surface area is 161 Å². The molecule has 1 N–H and O–H groups in total. The summed E-state index contributed by atoms with van der Waals surface area (Å²) >= 11 is 0. The molecule has 0 rings (SSSR count). The molecule has 0 bridgehead atoms. The molecule has 0 saturated heterocycles. The molecule has 4 heteroatoms. The lowest BCUT2D eigenvalue weighted by Gasteiger charge is -2.27. The number of ether oxygens (including phenoxy) is 1. The highest BCUT2D eigenvalue weighted by Crippen LogP contribution is 2.32. The highest BCUT2D eigenvalue weighted by atomic mass is 16.5. The summed E-state index contributed by atoms with van der Waals surface area (Å²) in [5, 5.41) is 9.04. The normalized spacial score (nSPS) is 11.5. The summed E-state index contributed by atoms with van der Waals surface area (Å²) < 4.78 is 5.38. The van der Waals surface area contributed by atoms with E-state index < -0.39 is 11.4 Å². The molecule has 0 spiro atoms. The third-order valence-electron chi connectivity index (χ3n) is 5.51. The number of carbonyl (C=O) groups excluding carboxylic acids is 1. The van der Waals surface area contributed by atoms with Crippen molar-refractivity contribution in [2.75, 3.05) is 6.61 Å². The van der Waals surface area contributed by atoms with Gasteiger partial charge in [0.05, 0.1) is 18.4 Å². The van der Waals surface area contributed by atoms with Crippen LogP contribution in [0.25, 0.3) is 0 Å². The molecular formula is C22H42O4. The van der Waals surface area contributed by atoms with Crippen LogP contribution in [0.5, 0.6) is 0 Å². The summed E-state index contributed by atoms with van der Waals surface area (Å²) in [4.78, 5) is 23.3. The van der Waals surface area contributed by atoms with Crippen LogP contribution in [0.1, 0.15) is 117 Å². The monoisotopic (exact) mass is 370 g/mol. The summed E-state index contributed by atoms with van der Waals surface area (Å²) in [5.74, 6) is -1.27. The highest BCUT2D eigenvalue weighted by Gasteiger charge is 2.38. The molecule has 4 nitrogen and oxygen atoms in total. The Morgan fingerprint density at radius 3 is 1.54 bits per heavy atom. The van der Waals surface area contributed by atoms with Gasteiger partial charge in [0.2, 0.25) is 0 Å². The Bertz CT molecular complexity index is 361. The van der Waals surface area contributed by atoms with E-state index in [2.05, 4.69) is 6.92 Å². The van der Waals surface area contributed by atoms with E-state index in [1.54, 1.807) is 0 Å². The Kier molecular flexibility index (Phi) is 15.5. The van der Waals surface area contributed by atoms with Crippen molar-refractivity contribution in [2.24, 2.45) is 5.41 Å². The Balaban J connectivity index is 3.64. The minimum absolute atomic E-state index is 0.142. The van der Waals surface area contributed by atoms with Crippen molar-refractivity contribution in [3.63, 3.8) is 0 Å². The van der Waals surface area contributed by atoms with Crippen molar-refractivity contribution in [2.45, 2.75) is 117 Å². The van der Waals surface area contributed by atoms with Gasteiger partial charge < -0.3 is 9.84 Å². The first-order valence-electron chi connectivity index (χ1n) is 10.9. The fraction of sp³-hybridized carbons (Fsp3) is 0.909. The molecule has 0 amide bonds. The van der Waals surface area contributed by atoms with Crippen molar-refractivity contribution in [1.82, 2.24) is 0 Å². The van der Waals surface area contributed by atoms with Crippen LogP contribution in [0, 0.1) is 5.41 Å². The molecule has 0 heterocycles. The SMILES string of the molecule is CCCCCCCCCCCCCCOC(=O)C(CC)(CC)CC(=O)O. The van der Waals surface area contributed by atoms with Crippen LogP contribution in [0.2, 0.25) is 0 Å². The molecule has 0 saturated carbocycles. The molecule has 0 atom stereocenters. The van der Waals surface area contributed by atoms with Gasteiger partial charge in [0.15, 0.2) is 0 Å². The van der Waals surface area contributed by atoms with E-state index in [1.165, 1.54) is 64.2 Å². The maximum absolute atomic E-state index is 12.3. The van der Waals surface area contributed by atoms with Gasteiger partial charge in [-0.25, -0.2) is 0 Å². The minimum atomic E-state index is -0.934. The number of carbonyl (C=O) groups is 2. The van der Waals surface area contributed by atoms with E-state index in [9.17, 15) is 9.59 Å². The van der Waals surface area contributed by atoms with Gasteiger partial charge >= 0.3 is 11.9 Å². The summed E-state index contributed by atoms with van der Waals surface area (Å²) in [6.07, 6.45) is 16.1. The molecule has 0 fully saturated rings. The first-order chi connectivity index (χ1) is 12.5. The number of aliphatic carboxylic acids is 1. The number of esters is 1. The summed E-state index contributed by atoms with van der Waals surface area (Å²) in [7, 11) is 0. The molecule has 0 aliphatic carbocycles. The van der Waals surface area contributed by atoms with Crippen molar-refractivity contribution < 1.29 is 19.4 Å². The van der Waals surface area contributed by atoms with Crippen LogP contribution in [0.4, 0.5) is 0 Å². The lowest BCUT2D eigenvalue weighted by Crippen LogP contribution is -2.34. The van der Waals surface area contributed by atoms with E-state index in [0.717, 1.165) is 12.8 Å². The zero-order chi connectivity index (χ0) is 19.7. The molecule has 26 heavy (non-hydrogen) atoms. The van der Waals surface area contributed by atoms with Crippen LogP contribution in [-0.4, -0.2) is 23.7 Å². The van der Waals surface area contributed by atoms with Gasteiger partial charge in [0.25, 0.3) is 0 Å². The quantitative estimate of drug-likeness (QED) is 0.220. The zero-order valence-corrected chi connectivity index (χ0v) is 17.5. The second-order valence-corrected chi connectivity index (χ2v) is 7.58. The molecule has 0 aromatic heterocycles. The molecule has 0 aliphatic heterocycles. The number of rotatable bonds is 18. The maximum atomic E-state index is 12.3. The maximum Gasteiger partial charge on any atom is 0.312 e. The molecule has 0 aromatic rings. The van der Waals surface area contributed by atoms with Crippen LogP contribution in [-0.2, 0) is 14.3 Å². The van der Waals surface area contributed by atoms with Gasteiger partial charge in [-0.3, -0.25) is 9.59 Å². The van der Waals surface area contributed by atoms with Crippen molar-refractivity contribution in [3.05, 3.63) is 0 Å². The average molecular weight is 371 g/mol. The lowest BCUT2D eigenvalue weighted by atomic mass is 9.79. The fourth-order valence-electron chi connectivity index (χ4n) is 3.41. The summed E-state index contributed by atoms with van der Waals surface area (Å²) in [5.41, 5.74) is -0.858.